The van der Waals surface area contributed by atoms with Crippen LogP contribution in [-0.2, 0) is 30.3 Å². The molecule has 0 heterocycles. The topological polar surface area (TPSA) is 125 Å². The largest absolute Gasteiger partial charge is 0.463 e. The van der Waals surface area contributed by atoms with Gasteiger partial charge in [0.2, 0.25) is 12.0 Å². The molecule has 9 heteroatoms. The maximum absolute atomic E-state index is 11.8. The standard InChI is InChI=1S/C15H18N2O7/c1-4-23-15(20)14(24-10(3)19)8-11-5-6-12(16-9(2)18)13(7-11)17(21)22/h5-7,14H,4,8H2,1-3H3,(H,16,18)/t14-/m1/s1. The van der Waals surface area contributed by atoms with Gasteiger partial charge in [-0.15, -0.1) is 0 Å². The Morgan fingerprint density at radius 1 is 1.29 bits per heavy atom. The van der Waals surface area contributed by atoms with E-state index in [4.69, 9.17) is 9.47 Å². The van der Waals surface area contributed by atoms with E-state index in [2.05, 4.69) is 5.32 Å². The SMILES string of the molecule is CCOC(=O)[C@@H](Cc1ccc(NC(C)=O)c([N+](=O)[O-])c1)OC(C)=O. The fourth-order valence-corrected chi connectivity index (χ4v) is 1.97. The second-order valence-electron chi connectivity index (χ2n) is 4.84. The van der Waals surface area contributed by atoms with Crippen LogP contribution in [0.1, 0.15) is 26.3 Å². The molecule has 0 bridgehead atoms. The van der Waals surface area contributed by atoms with Gasteiger partial charge in [-0.2, -0.15) is 0 Å². The second-order valence-corrected chi connectivity index (χ2v) is 4.84. The minimum Gasteiger partial charge on any atom is -0.463 e. The minimum absolute atomic E-state index is 0.0384. The zero-order valence-electron chi connectivity index (χ0n) is 13.5. The molecule has 0 fully saturated rings. The Bertz CT molecular complexity index is 657. The number of nitro benzene ring substituents is 1. The molecule has 0 saturated carbocycles. The fraction of sp³-hybridized carbons (Fsp3) is 0.400. The van der Waals surface area contributed by atoms with Gasteiger partial charge in [0.1, 0.15) is 5.69 Å². The molecule has 0 aliphatic rings. The summed E-state index contributed by atoms with van der Waals surface area (Å²) in [5, 5.41) is 13.5. The third-order valence-electron chi connectivity index (χ3n) is 2.85. The predicted octanol–water partition coefficient (Wildman–Crippen LogP) is 1.59. The van der Waals surface area contributed by atoms with Gasteiger partial charge in [0.15, 0.2) is 0 Å². The minimum atomic E-state index is -1.20. The van der Waals surface area contributed by atoms with Crippen molar-refractivity contribution in [2.24, 2.45) is 0 Å². The number of carbonyl (C=O) groups is 3. The van der Waals surface area contributed by atoms with E-state index in [-0.39, 0.29) is 24.4 Å². The second kappa shape index (κ2) is 8.61. The van der Waals surface area contributed by atoms with Crippen molar-refractivity contribution in [3.63, 3.8) is 0 Å². The van der Waals surface area contributed by atoms with Crippen LogP contribution < -0.4 is 5.32 Å². The van der Waals surface area contributed by atoms with E-state index in [1.807, 2.05) is 0 Å². The lowest BCUT2D eigenvalue weighted by Gasteiger charge is -2.16. The summed E-state index contributed by atoms with van der Waals surface area (Å²) in [7, 11) is 0. The van der Waals surface area contributed by atoms with Crippen LogP contribution in [0.2, 0.25) is 0 Å². The summed E-state index contributed by atoms with van der Waals surface area (Å²) in [5.74, 6) is -1.85. The van der Waals surface area contributed by atoms with Crippen LogP contribution in [0.15, 0.2) is 18.2 Å². The number of hydrogen-bond acceptors (Lipinski definition) is 7. The Balaban J connectivity index is 3.08. The molecular weight excluding hydrogens is 320 g/mol. The van der Waals surface area contributed by atoms with Gasteiger partial charge < -0.3 is 14.8 Å². The van der Waals surface area contributed by atoms with Crippen LogP contribution in [0.25, 0.3) is 0 Å². The van der Waals surface area contributed by atoms with Gasteiger partial charge in [-0.05, 0) is 18.6 Å². The van der Waals surface area contributed by atoms with Crippen LogP contribution in [0.3, 0.4) is 0 Å². The van der Waals surface area contributed by atoms with Crippen molar-refractivity contribution in [3.05, 3.63) is 33.9 Å². The Labute approximate surface area is 138 Å². The summed E-state index contributed by atoms with van der Waals surface area (Å²) in [6, 6.07) is 4.06. The highest BCUT2D eigenvalue weighted by molar-refractivity contribution is 5.91. The molecule has 1 aromatic carbocycles. The molecule has 1 N–H and O–H groups in total. The molecule has 0 unspecified atom stereocenters. The van der Waals surface area contributed by atoms with Crippen molar-refractivity contribution in [1.29, 1.82) is 0 Å². The molecule has 1 atom stereocenters. The Morgan fingerprint density at radius 2 is 1.96 bits per heavy atom. The van der Waals surface area contributed by atoms with Crippen LogP contribution in [-0.4, -0.2) is 35.5 Å². The van der Waals surface area contributed by atoms with Gasteiger partial charge in [-0.1, -0.05) is 6.07 Å². The molecular formula is C15H18N2O7. The van der Waals surface area contributed by atoms with E-state index in [0.29, 0.717) is 5.56 Å². The summed E-state index contributed by atoms with van der Waals surface area (Å²) in [6.45, 7) is 4.09. The highest BCUT2D eigenvalue weighted by Crippen LogP contribution is 2.26. The van der Waals surface area contributed by atoms with Gasteiger partial charge in [-0.25, -0.2) is 4.79 Å². The summed E-state index contributed by atoms with van der Waals surface area (Å²) in [5.41, 5.74) is 0.0969. The van der Waals surface area contributed by atoms with Crippen LogP contribution in [0, 0.1) is 10.1 Å². The summed E-state index contributed by atoms with van der Waals surface area (Å²) < 4.78 is 9.73. The van der Waals surface area contributed by atoms with Gasteiger partial charge in [-0.3, -0.25) is 19.7 Å². The molecule has 0 aliphatic carbocycles. The molecule has 0 saturated heterocycles. The molecule has 0 aromatic heterocycles. The first kappa shape index (κ1) is 19.1. The van der Waals surface area contributed by atoms with Crippen LogP contribution in [0.5, 0.6) is 0 Å². The molecule has 9 nitrogen and oxygen atoms in total. The highest BCUT2D eigenvalue weighted by atomic mass is 16.6. The zero-order valence-corrected chi connectivity index (χ0v) is 13.5. The van der Waals surface area contributed by atoms with E-state index in [0.717, 1.165) is 6.92 Å². The molecule has 0 radical (unpaired) electrons. The number of nitro groups is 1. The smallest absolute Gasteiger partial charge is 0.347 e. The lowest BCUT2D eigenvalue weighted by molar-refractivity contribution is -0.384. The van der Waals surface area contributed by atoms with E-state index in [1.165, 1.54) is 25.1 Å². The van der Waals surface area contributed by atoms with Crippen molar-refractivity contribution in [3.8, 4) is 0 Å². The van der Waals surface area contributed by atoms with Gasteiger partial charge in [0, 0.05) is 26.3 Å². The van der Waals surface area contributed by atoms with Crippen molar-refractivity contribution in [1.82, 2.24) is 0 Å². The number of nitrogens with one attached hydrogen (secondary N) is 1. The molecule has 0 spiro atoms. The predicted molar refractivity (Wildman–Crippen MR) is 83.3 cm³/mol. The first-order valence-electron chi connectivity index (χ1n) is 7.13. The number of anilines is 1. The Morgan fingerprint density at radius 3 is 2.46 bits per heavy atom. The van der Waals surface area contributed by atoms with E-state index < -0.39 is 28.9 Å². The molecule has 24 heavy (non-hydrogen) atoms. The number of ether oxygens (including phenoxy) is 2. The van der Waals surface area contributed by atoms with E-state index in [1.54, 1.807) is 6.92 Å². The average molecular weight is 338 g/mol. The lowest BCUT2D eigenvalue weighted by atomic mass is 10.1. The van der Waals surface area contributed by atoms with Crippen molar-refractivity contribution >= 4 is 29.2 Å². The molecule has 1 aromatic rings. The summed E-state index contributed by atoms with van der Waals surface area (Å²) >= 11 is 0. The summed E-state index contributed by atoms with van der Waals surface area (Å²) in [4.78, 5) is 44.5. The Kier molecular flexibility index (Phi) is 6.84. The molecule has 1 amide bonds. The highest BCUT2D eigenvalue weighted by Gasteiger charge is 2.25. The number of hydrogen-bond donors (Lipinski definition) is 1. The number of rotatable bonds is 7. The fourth-order valence-electron chi connectivity index (χ4n) is 1.97. The lowest BCUT2D eigenvalue weighted by Crippen LogP contribution is -2.30. The molecule has 0 aliphatic heterocycles. The number of carbonyl (C=O) groups excluding carboxylic acids is 3. The number of esters is 2. The maximum Gasteiger partial charge on any atom is 0.347 e. The van der Waals surface area contributed by atoms with Crippen LogP contribution in [0.4, 0.5) is 11.4 Å². The number of benzene rings is 1. The quantitative estimate of drug-likeness (QED) is 0.454. The van der Waals surface area contributed by atoms with E-state index >= 15 is 0 Å². The monoisotopic (exact) mass is 338 g/mol. The Hall–Kier alpha value is -2.97. The van der Waals surface area contributed by atoms with Gasteiger partial charge in [0.25, 0.3) is 5.69 Å². The van der Waals surface area contributed by atoms with Crippen molar-refractivity contribution in [2.45, 2.75) is 33.3 Å². The average Bonchev–Trinajstić information content (AvgIpc) is 2.47. The maximum atomic E-state index is 11.8. The van der Waals surface area contributed by atoms with Crippen molar-refractivity contribution in [2.75, 3.05) is 11.9 Å². The normalized spacial score (nSPS) is 11.3. The third-order valence-corrected chi connectivity index (χ3v) is 2.85. The first-order chi connectivity index (χ1) is 11.2. The van der Waals surface area contributed by atoms with Gasteiger partial charge >= 0.3 is 11.9 Å². The third kappa shape index (κ3) is 5.67. The van der Waals surface area contributed by atoms with Crippen LogP contribution >= 0.6 is 0 Å². The zero-order chi connectivity index (χ0) is 18.3. The molecule has 130 valence electrons. The van der Waals surface area contributed by atoms with E-state index in [9.17, 15) is 24.5 Å². The first-order valence-corrected chi connectivity index (χ1v) is 7.13. The number of nitrogens with zero attached hydrogens (tertiary/aromatic N) is 1. The summed E-state index contributed by atoms with van der Waals surface area (Å²) in [6.07, 6.45) is -1.28. The number of amides is 1. The van der Waals surface area contributed by atoms with Crippen molar-refractivity contribution < 1.29 is 28.8 Å². The van der Waals surface area contributed by atoms with Gasteiger partial charge in [0.05, 0.1) is 11.5 Å². The molecule has 1 rings (SSSR count).